The molecule has 2 aromatic carbocycles. The molecule has 0 radical (unpaired) electrons. The van der Waals surface area contributed by atoms with E-state index in [1.165, 1.54) is 5.56 Å². The molecule has 0 bridgehead atoms. The second-order valence-corrected chi connectivity index (χ2v) is 7.95. The number of hydrogen-bond acceptors (Lipinski definition) is 5. The molecular formula is C23H25N5O. The molecule has 0 saturated carbocycles. The van der Waals surface area contributed by atoms with Gasteiger partial charge in [-0.05, 0) is 36.5 Å². The fraction of sp³-hybridized carbons (Fsp3) is 0.348. The number of likely N-dealkylation sites (tertiary alicyclic amines) is 1. The Morgan fingerprint density at radius 3 is 2.79 bits per heavy atom. The molecule has 2 aliphatic rings. The minimum atomic E-state index is 0.0583. The Balaban J connectivity index is 1.37. The zero-order valence-electron chi connectivity index (χ0n) is 16.3. The number of aromatic nitrogens is 2. The molecule has 1 amide bonds. The van der Waals surface area contributed by atoms with Gasteiger partial charge in [0, 0.05) is 44.0 Å². The van der Waals surface area contributed by atoms with Gasteiger partial charge in [-0.25, -0.2) is 0 Å². The minimum Gasteiger partial charge on any atom is -0.338 e. The lowest BCUT2D eigenvalue weighted by Crippen LogP contribution is -2.48. The summed E-state index contributed by atoms with van der Waals surface area (Å²) in [6.07, 6.45) is 5.46. The second kappa shape index (κ2) is 7.89. The maximum absolute atomic E-state index is 13.3. The van der Waals surface area contributed by atoms with E-state index < -0.39 is 0 Å². The number of para-hydroxylation sites is 1. The molecule has 2 fully saturated rings. The molecule has 3 heterocycles. The van der Waals surface area contributed by atoms with Gasteiger partial charge in [-0.15, -0.1) is 0 Å². The Hall–Kier alpha value is -2.83. The van der Waals surface area contributed by atoms with Gasteiger partial charge in [0.15, 0.2) is 0 Å². The number of fused-ring (bicyclic) bond motifs is 1. The van der Waals surface area contributed by atoms with Crippen LogP contribution in [0.2, 0.25) is 0 Å². The highest BCUT2D eigenvalue weighted by Crippen LogP contribution is 2.32. The number of rotatable bonds is 3. The van der Waals surface area contributed by atoms with Crippen LogP contribution in [0.3, 0.4) is 0 Å². The molecule has 148 valence electrons. The van der Waals surface area contributed by atoms with Crippen molar-refractivity contribution in [3.05, 3.63) is 72.1 Å². The first-order valence-corrected chi connectivity index (χ1v) is 10.3. The number of nitrogens with one attached hydrogen (secondary N) is 2. The Kier molecular flexibility index (Phi) is 4.96. The van der Waals surface area contributed by atoms with Crippen molar-refractivity contribution in [1.29, 1.82) is 0 Å². The smallest absolute Gasteiger partial charge is 0.256 e. The van der Waals surface area contributed by atoms with Crippen molar-refractivity contribution in [1.82, 2.24) is 25.7 Å². The number of carbonyl (C=O) groups is 1. The van der Waals surface area contributed by atoms with Gasteiger partial charge in [-0.1, -0.05) is 36.4 Å². The lowest BCUT2D eigenvalue weighted by Gasteiger charge is -2.37. The summed E-state index contributed by atoms with van der Waals surface area (Å²) in [6.45, 7) is 2.47. The highest BCUT2D eigenvalue weighted by Gasteiger charge is 2.37. The number of hydrogen-bond donors (Lipinski definition) is 2. The Labute approximate surface area is 170 Å². The summed E-state index contributed by atoms with van der Waals surface area (Å²) in [7, 11) is 0. The van der Waals surface area contributed by atoms with Gasteiger partial charge in [0.1, 0.15) is 5.52 Å². The first-order valence-electron chi connectivity index (χ1n) is 10.3. The molecule has 3 atom stereocenters. The standard InChI is InChI=1S/C23H25N5O/c29-23(18-9-4-10-20-22(18)25-12-11-24-20)28-13-5-8-17(15-28)21-19(14-26-27-21)16-6-2-1-3-7-16/h1-4,6-7,9-12,17,19,21,26-27H,5,8,13-15H2. The molecule has 0 spiro atoms. The van der Waals surface area contributed by atoms with Crippen molar-refractivity contribution in [2.75, 3.05) is 19.6 Å². The molecule has 6 heteroatoms. The van der Waals surface area contributed by atoms with E-state index >= 15 is 0 Å². The second-order valence-electron chi connectivity index (χ2n) is 7.95. The summed E-state index contributed by atoms with van der Waals surface area (Å²) in [5.41, 5.74) is 10.3. The molecule has 3 unspecified atom stereocenters. The van der Waals surface area contributed by atoms with Crippen LogP contribution < -0.4 is 10.9 Å². The van der Waals surface area contributed by atoms with Gasteiger partial charge in [0.05, 0.1) is 11.1 Å². The average Bonchev–Trinajstić information content (AvgIpc) is 3.29. The minimum absolute atomic E-state index is 0.0583. The van der Waals surface area contributed by atoms with Crippen LogP contribution in [0.5, 0.6) is 0 Å². The van der Waals surface area contributed by atoms with Crippen LogP contribution in [0.15, 0.2) is 60.9 Å². The summed E-state index contributed by atoms with van der Waals surface area (Å²) in [5, 5.41) is 0. The maximum atomic E-state index is 13.3. The number of carbonyl (C=O) groups excluding carboxylic acids is 1. The average molecular weight is 387 g/mol. The fourth-order valence-electron chi connectivity index (χ4n) is 4.81. The summed E-state index contributed by atoms with van der Waals surface area (Å²) >= 11 is 0. The molecule has 6 nitrogen and oxygen atoms in total. The zero-order valence-corrected chi connectivity index (χ0v) is 16.3. The quantitative estimate of drug-likeness (QED) is 0.723. The first kappa shape index (κ1) is 18.2. The van der Waals surface area contributed by atoms with Crippen LogP contribution in [-0.4, -0.2) is 46.5 Å². The van der Waals surface area contributed by atoms with Crippen LogP contribution in [0.4, 0.5) is 0 Å². The van der Waals surface area contributed by atoms with Crippen molar-refractivity contribution < 1.29 is 4.79 Å². The fourth-order valence-corrected chi connectivity index (χ4v) is 4.81. The Morgan fingerprint density at radius 2 is 1.90 bits per heavy atom. The predicted octanol–water partition coefficient (Wildman–Crippen LogP) is 2.74. The molecule has 5 rings (SSSR count). The third kappa shape index (κ3) is 3.50. The Morgan fingerprint density at radius 1 is 1.03 bits per heavy atom. The molecule has 2 aliphatic heterocycles. The van der Waals surface area contributed by atoms with Gasteiger partial charge >= 0.3 is 0 Å². The Bertz CT molecular complexity index is 1000. The van der Waals surface area contributed by atoms with Crippen molar-refractivity contribution in [2.24, 2.45) is 5.92 Å². The van der Waals surface area contributed by atoms with E-state index in [4.69, 9.17) is 0 Å². The predicted molar refractivity (Wildman–Crippen MR) is 112 cm³/mol. The normalized spacial score (nSPS) is 24.7. The number of benzene rings is 2. The molecule has 2 N–H and O–H groups in total. The van der Waals surface area contributed by atoms with Crippen LogP contribution in [0, 0.1) is 5.92 Å². The van der Waals surface area contributed by atoms with E-state index in [0.717, 1.165) is 38.0 Å². The molecule has 3 aromatic rings. The summed E-state index contributed by atoms with van der Waals surface area (Å²) in [5.74, 6) is 0.886. The molecular weight excluding hydrogens is 362 g/mol. The topological polar surface area (TPSA) is 70.2 Å². The summed E-state index contributed by atoms with van der Waals surface area (Å²) in [4.78, 5) is 24.1. The summed E-state index contributed by atoms with van der Waals surface area (Å²) in [6, 6.07) is 16.6. The lowest BCUT2D eigenvalue weighted by molar-refractivity contribution is 0.0646. The number of piperidine rings is 1. The maximum Gasteiger partial charge on any atom is 0.256 e. The SMILES string of the molecule is O=C(c1cccc2nccnc12)N1CCCC(C2NNCC2c2ccccc2)C1. The summed E-state index contributed by atoms with van der Waals surface area (Å²) < 4.78 is 0. The zero-order chi connectivity index (χ0) is 19.6. The van der Waals surface area contributed by atoms with Gasteiger partial charge in [0.2, 0.25) is 0 Å². The van der Waals surface area contributed by atoms with Crippen LogP contribution in [-0.2, 0) is 0 Å². The third-order valence-electron chi connectivity index (χ3n) is 6.23. The van der Waals surface area contributed by atoms with E-state index in [1.807, 2.05) is 23.1 Å². The number of amides is 1. The molecule has 0 aliphatic carbocycles. The van der Waals surface area contributed by atoms with Crippen LogP contribution in [0.1, 0.15) is 34.7 Å². The van der Waals surface area contributed by atoms with Gasteiger partial charge in [0.25, 0.3) is 5.91 Å². The van der Waals surface area contributed by atoms with E-state index in [-0.39, 0.29) is 5.91 Å². The molecule has 2 saturated heterocycles. The van der Waals surface area contributed by atoms with E-state index in [2.05, 4.69) is 51.2 Å². The third-order valence-corrected chi connectivity index (χ3v) is 6.23. The largest absolute Gasteiger partial charge is 0.338 e. The molecule has 29 heavy (non-hydrogen) atoms. The van der Waals surface area contributed by atoms with Crippen molar-refractivity contribution in [3.8, 4) is 0 Å². The van der Waals surface area contributed by atoms with Crippen molar-refractivity contribution in [3.63, 3.8) is 0 Å². The first-order chi connectivity index (χ1) is 14.3. The van der Waals surface area contributed by atoms with E-state index in [1.54, 1.807) is 12.4 Å². The van der Waals surface area contributed by atoms with Crippen molar-refractivity contribution in [2.45, 2.75) is 24.8 Å². The van der Waals surface area contributed by atoms with Crippen LogP contribution in [0.25, 0.3) is 11.0 Å². The van der Waals surface area contributed by atoms with E-state index in [0.29, 0.717) is 29.0 Å². The van der Waals surface area contributed by atoms with Crippen molar-refractivity contribution >= 4 is 16.9 Å². The number of hydrazine groups is 1. The molecule has 1 aromatic heterocycles. The monoisotopic (exact) mass is 387 g/mol. The highest BCUT2D eigenvalue weighted by molar-refractivity contribution is 6.04. The highest BCUT2D eigenvalue weighted by atomic mass is 16.2. The van der Waals surface area contributed by atoms with Gasteiger partial charge in [-0.3, -0.25) is 25.6 Å². The van der Waals surface area contributed by atoms with Crippen LogP contribution >= 0.6 is 0 Å². The van der Waals surface area contributed by atoms with Gasteiger partial charge in [-0.2, -0.15) is 0 Å². The lowest BCUT2D eigenvalue weighted by atomic mass is 9.81. The number of nitrogens with zero attached hydrogens (tertiary/aromatic N) is 3. The van der Waals surface area contributed by atoms with E-state index in [9.17, 15) is 4.79 Å². The van der Waals surface area contributed by atoms with Gasteiger partial charge < -0.3 is 4.90 Å².